The van der Waals surface area contributed by atoms with Crippen molar-refractivity contribution in [1.82, 2.24) is 4.90 Å². The maximum Gasteiger partial charge on any atom is 0.237 e. The second-order valence-electron chi connectivity index (χ2n) is 6.09. The number of hydrogen-bond acceptors (Lipinski definition) is 3. The van der Waals surface area contributed by atoms with Crippen LogP contribution in [0.3, 0.4) is 0 Å². The number of piperidine rings is 1. The summed E-state index contributed by atoms with van der Waals surface area (Å²) in [6.07, 6.45) is -0.223. The first-order valence-electron chi connectivity index (χ1n) is 7.86. The lowest BCUT2D eigenvalue weighted by molar-refractivity contribution is -0.528. The summed E-state index contributed by atoms with van der Waals surface area (Å²) >= 11 is 0. The molecule has 0 radical (unpaired) electrons. The molecule has 0 spiro atoms. The van der Waals surface area contributed by atoms with Crippen molar-refractivity contribution in [3.05, 3.63) is 81.4 Å². The molecule has 1 aliphatic heterocycles. The van der Waals surface area contributed by atoms with Crippen molar-refractivity contribution in [2.75, 3.05) is 6.54 Å². The van der Waals surface area contributed by atoms with E-state index in [4.69, 9.17) is 0 Å². The van der Waals surface area contributed by atoms with E-state index >= 15 is 0 Å². The summed E-state index contributed by atoms with van der Waals surface area (Å²) in [7, 11) is 0. The van der Waals surface area contributed by atoms with E-state index in [1.54, 1.807) is 0 Å². The molecule has 7 heteroatoms. The number of carbonyl (C=O) groups excluding carboxylic acids is 1. The summed E-state index contributed by atoms with van der Waals surface area (Å²) in [4.78, 5) is 24.8. The summed E-state index contributed by atoms with van der Waals surface area (Å²) in [6, 6.07) is 10.8. The quantitative estimate of drug-likeness (QED) is 0.631. The van der Waals surface area contributed by atoms with Crippen LogP contribution in [0.5, 0.6) is 0 Å². The number of nitro groups is 1. The van der Waals surface area contributed by atoms with Crippen molar-refractivity contribution in [3.8, 4) is 0 Å². The molecule has 1 aliphatic rings. The first-order valence-corrected chi connectivity index (χ1v) is 7.86. The van der Waals surface area contributed by atoms with Gasteiger partial charge in [0.05, 0.1) is 12.5 Å². The van der Waals surface area contributed by atoms with Crippen LogP contribution in [0.15, 0.2) is 48.5 Å². The third-order valence-corrected chi connectivity index (χ3v) is 4.46. The normalized spacial score (nSPS) is 20.6. The van der Waals surface area contributed by atoms with Gasteiger partial charge in [0.2, 0.25) is 11.9 Å². The first-order chi connectivity index (χ1) is 12.0. The highest BCUT2D eigenvalue weighted by molar-refractivity contribution is 5.78. The second-order valence-corrected chi connectivity index (χ2v) is 6.09. The zero-order valence-corrected chi connectivity index (χ0v) is 13.3. The molecule has 0 aromatic heterocycles. The Hall–Kier alpha value is -2.83. The molecular weight excluding hydrogens is 330 g/mol. The number of hydrogen-bond donors (Lipinski definition) is 0. The van der Waals surface area contributed by atoms with Gasteiger partial charge in [0.15, 0.2) is 0 Å². The molecule has 0 N–H and O–H groups in total. The Morgan fingerprint density at radius 3 is 2.56 bits per heavy atom. The maximum atomic E-state index is 14.0. The molecule has 3 rings (SSSR count). The summed E-state index contributed by atoms with van der Waals surface area (Å²) < 4.78 is 27.5. The number of likely N-dealkylation sites (tertiary alicyclic amines) is 1. The Kier molecular flexibility index (Phi) is 4.74. The van der Waals surface area contributed by atoms with Gasteiger partial charge in [0.1, 0.15) is 11.6 Å². The molecule has 25 heavy (non-hydrogen) atoms. The van der Waals surface area contributed by atoms with Gasteiger partial charge in [0.25, 0.3) is 0 Å². The van der Waals surface area contributed by atoms with Crippen LogP contribution in [0.4, 0.5) is 8.78 Å². The second kappa shape index (κ2) is 6.96. The van der Waals surface area contributed by atoms with Crippen LogP contribution in [-0.4, -0.2) is 28.3 Å². The average Bonchev–Trinajstić information content (AvgIpc) is 2.59. The molecule has 0 unspecified atom stereocenters. The Morgan fingerprint density at radius 2 is 1.88 bits per heavy atom. The molecule has 1 heterocycles. The number of rotatable bonds is 4. The van der Waals surface area contributed by atoms with Crippen LogP contribution in [0, 0.1) is 21.7 Å². The molecular formula is C18H16F2N2O3. The molecule has 2 atom stereocenters. The molecule has 1 fully saturated rings. The third-order valence-electron chi connectivity index (χ3n) is 4.46. The SMILES string of the molecule is O=C1C[C@@H](c2cc(F)ccc2F)[C@H]([N+](=O)[O-])CN1Cc1ccccc1. The molecule has 2 aromatic carbocycles. The lowest BCUT2D eigenvalue weighted by Gasteiger charge is -2.34. The van der Waals surface area contributed by atoms with Gasteiger partial charge in [-0.05, 0) is 23.8 Å². The Balaban J connectivity index is 1.87. The smallest absolute Gasteiger partial charge is 0.237 e. The van der Waals surface area contributed by atoms with E-state index in [-0.39, 0.29) is 31.0 Å². The molecule has 5 nitrogen and oxygen atoms in total. The monoisotopic (exact) mass is 346 g/mol. The van der Waals surface area contributed by atoms with E-state index in [0.717, 1.165) is 23.8 Å². The summed E-state index contributed by atoms with van der Waals surface area (Å²) in [6.45, 7) is 0.115. The van der Waals surface area contributed by atoms with E-state index in [1.807, 2.05) is 30.3 Å². The number of nitrogens with zero attached hydrogens (tertiary/aromatic N) is 2. The lowest BCUT2D eigenvalue weighted by atomic mass is 9.84. The van der Waals surface area contributed by atoms with Crippen LogP contribution >= 0.6 is 0 Å². The fourth-order valence-corrected chi connectivity index (χ4v) is 3.19. The molecule has 1 amide bonds. The zero-order valence-electron chi connectivity index (χ0n) is 13.3. The molecule has 0 aliphatic carbocycles. The predicted octanol–water partition coefficient (Wildman–Crippen LogP) is 3.13. The van der Waals surface area contributed by atoms with Crippen molar-refractivity contribution in [2.45, 2.75) is 24.9 Å². The van der Waals surface area contributed by atoms with Gasteiger partial charge in [-0.3, -0.25) is 14.9 Å². The minimum absolute atomic E-state index is 0.116. The van der Waals surface area contributed by atoms with Gasteiger partial charge in [-0.2, -0.15) is 0 Å². The van der Waals surface area contributed by atoms with E-state index in [1.165, 1.54) is 4.90 Å². The van der Waals surface area contributed by atoms with E-state index < -0.39 is 28.5 Å². The van der Waals surface area contributed by atoms with E-state index in [0.29, 0.717) is 0 Å². The van der Waals surface area contributed by atoms with E-state index in [2.05, 4.69) is 0 Å². The first kappa shape index (κ1) is 17.0. The Morgan fingerprint density at radius 1 is 1.16 bits per heavy atom. The largest absolute Gasteiger partial charge is 0.331 e. The molecule has 0 saturated carbocycles. The molecule has 0 bridgehead atoms. The van der Waals surface area contributed by atoms with E-state index in [9.17, 15) is 23.7 Å². The highest BCUT2D eigenvalue weighted by Crippen LogP contribution is 2.33. The highest BCUT2D eigenvalue weighted by Gasteiger charge is 2.43. The summed E-state index contributed by atoms with van der Waals surface area (Å²) in [5.74, 6) is -2.71. The van der Waals surface area contributed by atoms with Gasteiger partial charge >= 0.3 is 0 Å². The summed E-state index contributed by atoms with van der Waals surface area (Å²) in [5.41, 5.74) is 0.739. The van der Waals surface area contributed by atoms with Crippen molar-refractivity contribution in [2.24, 2.45) is 0 Å². The van der Waals surface area contributed by atoms with Crippen molar-refractivity contribution < 1.29 is 18.5 Å². The molecule has 1 saturated heterocycles. The standard InChI is InChI=1S/C18H16F2N2O3/c19-13-6-7-16(20)14(8-13)15-9-18(23)21(11-17(15)22(24)25)10-12-4-2-1-3-5-12/h1-8,15,17H,9-11H2/t15-,17+/m0/s1. The number of halogens is 2. The van der Waals surface area contributed by atoms with Gasteiger partial charge in [-0.15, -0.1) is 0 Å². The fourth-order valence-electron chi connectivity index (χ4n) is 3.19. The van der Waals surface area contributed by atoms with Crippen LogP contribution in [0.1, 0.15) is 23.5 Å². The van der Waals surface area contributed by atoms with Gasteiger partial charge in [-0.25, -0.2) is 8.78 Å². The van der Waals surface area contributed by atoms with Crippen LogP contribution in [0.2, 0.25) is 0 Å². The van der Waals surface area contributed by atoms with Crippen molar-refractivity contribution in [3.63, 3.8) is 0 Å². The minimum atomic E-state index is -1.18. The van der Waals surface area contributed by atoms with Crippen LogP contribution < -0.4 is 0 Å². The Labute approximate surface area is 143 Å². The summed E-state index contributed by atoms with van der Waals surface area (Å²) in [5, 5.41) is 11.5. The minimum Gasteiger partial charge on any atom is -0.331 e. The van der Waals surface area contributed by atoms with Crippen LogP contribution in [0.25, 0.3) is 0 Å². The van der Waals surface area contributed by atoms with Crippen LogP contribution in [-0.2, 0) is 11.3 Å². The Bertz CT molecular complexity index is 798. The zero-order chi connectivity index (χ0) is 18.0. The number of benzene rings is 2. The van der Waals surface area contributed by atoms with Crippen molar-refractivity contribution >= 4 is 5.91 Å². The number of carbonyl (C=O) groups is 1. The van der Waals surface area contributed by atoms with Gasteiger partial charge < -0.3 is 4.90 Å². The predicted molar refractivity (Wildman–Crippen MR) is 86.4 cm³/mol. The third kappa shape index (κ3) is 3.65. The molecule has 2 aromatic rings. The van der Waals surface area contributed by atoms with Gasteiger partial charge in [0, 0.05) is 23.5 Å². The van der Waals surface area contributed by atoms with Gasteiger partial charge in [-0.1, -0.05) is 30.3 Å². The topological polar surface area (TPSA) is 63.4 Å². The molecule has 130 valence electrons. The van der Waals surface area contributed by atoms with Crippen molar-refractivity contribution in [1.29, 1.82) is 0 Å². The fraction of sp³-hybridized carbons (Fsp3) is 0.278. The average molecular weight is 346 g/mol. The number of amides is 1. The lowest BCUT2D eigenvalue weighted by Crippen LogP contribution is -2.49. The highest BCUT2D eigenvalue weighted by atomic mass is 19.1. The maximum absolute atomic E-state index is 14.0.